The SMILES string of the molecule is CC1(C)CCC2(CC1)N([C@H](c1ccccc1)[C@@H](O)c1ccccc1)[C@@H](C(=O)NC1CCC(O)CC1)[C@H](c1cc(Cl)cc(NC(=O)O)c1)C21C(=O)Nc2cc(Cl)ccc21. The van der Waals surface area contributed by atoms with E-state index in [4.69, 9.17) is 23.2 Å². The summed E-state index contributed by atoms with van der Waals surface area (Å²) in [6.45, 7) is 4.45. The van der Waals surface area contributed by atoms with E-state index in [9.17, 15) is 20.1 Å². The molecule has 6 N–H and O–H groups in total. The molecule has 3 amide bonds. The number of nitrogens with zero attached hydrogens (tertiary/aromatic N) is 1. The maximum absolute atomic E-state index is 15.8. The normalized spacial score (nSPS) is 27.1. The summed E-state index contributed by atoms with van der Waals surface area (Å²) in [4.78, 5) is 45.8. The Kier molecular flexibility index (Phi) is 10.9. The molecule has 3 fully saturated rings. The molecular formula is C46H50Cl2N4O6. The molecule has 12 heteroatoms. The van der Waals surface area contributed by atoms with Crippen LogP contribution in [0.4, 0.5) is 16.2 Å². The average Bonchev–Trinajstić information content (AvgIpc) is 3.62. The van der Waals surface area contributed by atoms with Gasteiger partial charge in [-0.05, 0) is 109 Å². The first kappa shape index (κ1) is 40.3. The van der Waals surface area contributed by atoms with Gasteiger partial charge in [0.25, 0.3) is 0 Å². The number of likely N-dealkylation sites (tertiary alicyclic amines) is 1. The molecule has 10 nitrogen and oxygen atoms in total. The molecule has 4 aromatic rings. The van der Waals surface area contributed by atoms with Crippen molar-refractivity contribution in [2.24, 2.45) is 5.41 Å². The lowest BCUT2D eigenvalue weighted by molar-refractivity contribution is -0.137. The molecule has 0 bridgehead atoms. The third-order valence-electron chi connectivity index (χ3n) is 13.5. The summed E-state index contributed by atoms with van der Waals surface area (Å²) >= 11 is 13.5. The fraction of sp³-hybridized carbons (Fsp3) is 0.413. The van der Waals surface area contributed by atoms with Crippen LogP contribution in [-0.2, 0) is 15.0 Å². The molecular weight excluding hydrogens is 775 g/mol. The number of benzene rings is 4. The van der Waals surface area contributed by atoms with Crippen molar-refractivity contribution >= 4 is 52.5 Å². The Bertz CT molecular complexity index is 2190. The van der Waals surface area contributed by atoms with Crippen LogP contribution in [0.3, 0.4) is 0 Å². The highest BCUT2D eigenvalue weighted by molar-refractivity contribution is 6.31. The lowest BCUT2D eigenvalue weighted by Gasteiger charge is -2.56. The van der Waals surface area contributed by atoms with Gasteiger partial charge in [0.1, 0.15) is 5.41 Å². The van der Waals surface area contributed by atoms with Crippen LogP contribution >= 0.6 is 23.2 Å². The number of halogens is 2. The highest BCUT2D eigenvalue weighted by Crippen LogP contribution is 2.69. The van der Waals surface area contributed by atoms with Crippen LogP contribution in [0.15, 0.2) is 97.1 Å². The summed E-state index contributed by atoms with van der Waals surface area (Å²) in [6.07, 6.45) is 1.79. The lowest BCUT2D eigenvalue weighted by Crippen LogP contribution is -2.64. The van der Waals surface area contributed by atoms with Crippen LogP contribution in [0.25, 0.3) is 0 Å². The quantitative estimate of drug-likeness (QED) is 0.104. The minimum atomic E-state index is -1.47. The molecule has 5 atom stereocenters. The number of carboxylic acid groups (broad SMARTS) is 1. The lowest BCUT2D eigenvalue weighted by atomic mass is 9.53. The van der Waals surface area contributed by atoms with Crippen molar-refractivity contribution in [1.82, 2.24) is 10.2 Å². The zero-order valence-corrected chi connectivity index (χ0v) is 34.1. The number of nitrogens with one attached hydrogen (secondary N) is 3. The molecule has 2 heterocycles. The fourth-order valence-corrected chi connectivity index (χ4v) is 11.3. The number of rotatable bonds is 8. The van der Waals surface area contributed by atoms with Crippen molar-refractivity contribution < 1.29 is 29.7 Å². The highest BCUT2D eigenvalue weighted by atomic mass is 35.5. The monoisotopic (exact) mass is 824 g/mol. The van der Waals surface area contributed by atoms with Crippen LogP contribution in [0.2, 0.25) is 10.0 Å². The number of amides is 3. The Labute approximate surface area is 348 Å². The van der Waals surface area contributed by atoms with Gasteiger partial charge in [0.05, 0.1) is 24.3 Å². The molecule has 8 rings (SSSR count). The van der Waals surface area contributed by atoms with E-state index in [1.807, 2.05) is 66.7 Å². The van der Waals surface area contributed by atoms with E-state index in [0.717, 1.165) is 5.56 Å². The number of aliphatic hydroxyl groups excluding tert-OH is 2. The van der Waals surface area contributed by atoms with E-state index < -0.39 is 47.3 Å². The number of anilines is 2. The summed E-state index contributed by atoms with van der Waals surface area (Å²) in [5.41, 5.74) is 0.682. The number of carbonyl (C=O) groups is 3. The van der Waals surface area contributed by atoms with Crippen molar-refractivity contribution in [3.8, 4) is 0 Å². The maximum atomic E-state index is 15.8. The van der Waals surface area contributed by atoms with Gasteiger partial charge >= 0.3 is 6.09 Å². The number of carbonyl (C=O) groups excluding carboxylic acids is 2. The molecule has 0 aromatic heterocycles. The van der Waals surface area contributed by atoms with Crippen LogP contribution in [0.1, 0.15) is 106 Å². The second-order valence-electron chi connectivity index (χ2n) is 17.4. The van der Waals surface area contributed by atoms with Crippen LogP contribution in [0, 0.1) is 5.41 Å². The van der Waals surface area contributed by atoms with Gasteiger partial charge < -0.3 is 26.0 Å². The van der Waals surface area contributed by atoms with Crippen LogP contribution in [-0.4, -0.2) is 61.9 Å². The molecule has 2 aliphatic heterocycles. The molecule has 2 aliphatic carbocycles. The molecule has 1 saturated heterocycles. The predicted molar refractivity (Wildman–Crippen MR) is 225 cm³/mol. The van der Waals surface area contributed by atoms with E-state index in [0.29, 0.717) is 78.8 Å². The molecule has 304 valence electrons. The van der Waals surface area contributed by atoms with Crippen molar-refractivity contribution in [2.45, 2.75) is 112 Å². The van der Waals surface area contributed by atoms with Gasteiger partial charge in [-0.25, -0.2) is 4.79 Å². The van der Waals surface area contributed by atoms with Gasteiger partial charge in [-0.3, -0.25) is 19.8 Å². The topological polar surface area (TPSA) is 151 Å². The van der Waals surface area contributed by atoms with E-state index in [2.05, 4.69) is 34.7 Å². The Morgan fingerprint density at radius 1 is 0.828 bits per heavy atom. The van der Waals surface area contributed by atoms with Gasteiger partial charge in [-0.1, -0.05) is 104 Å². The van der Waals surface area contributed by atoms with E-state index in [-0.39, 0.29) is 34.0 Å². The highest BCUT2D eigenvalue weighted by Gasteiger charge is 2.77. The molecule has 2 spiro atoms. The minimum absolute atomic E-state index is 0.0935. The van der Waals surface area contributed by atoms with Crippen molar-refractivity contribution in [3.05, 3.63) is 129 Å². The first-order chi connectivity index (χ1) is 27.7. The fourth-order valence-electron chi connectivity index (χ4n) is 10.8. The number of hydrogen-bond acceptors (Lipinski definition) is 6. The largest absolute Gasteiger partial charge is 0.465 e. The average molecular weight is 826 g/mol. The number of fused-ring (bicyclic) bond motifs is 3. The standard InChI is InChI=1S/C46H50Cl2N4O6/c1-44(2)19-21-45(22-20-44)46(35-18-13-30(47)26-36(35)51-42(46)56)37(29-23-31(48)25-33(24-29)50-43(57)58)39(41(55)49-32-14-16-34(53)17-15-32)52(45)38(27-9-5-3-6-10-27)40(54)28-11-7-4-8-12-28/h3-13,18,23-26,32,34,37-40,50,53-54H,14-17,19-22H2,1-2H3,(H,49,55)(H,51,56)(H,57,58)/t32?,34?,37-,38+,39+,40-,46?/m0/s1. The van der Waals surface area contributed by atoms with Crippen molar-refractivity contribution in [3.63, 3.8) is 0 Å². The van der Waals surface area contributed by atoms with E-state index in [1.54, 1.807) is 24.3 Å². The second-order valence-corrected chi connectivity index (χ2v) is 18.3. The van der Waals surface area contributed by atoms with Gasteiger partial charge in [-0.15, -0.1) is 0 Å². The molecule has 0 radical (unpaired) electrons. The maximum Gasteiger partial charge on any atom is 0.409 e. The summed E-state index contributed by atoms with van der Waals surface area (Å²) in [6, 6.07) is 27.2. The molecule has 4 aromatic carbocycles. The zero-order valence-electron chi connectivity index (χ0n) is 32.6. The molecule has 4 aliphatic rings. The molecule has 58 heavy (non-hydrogen) atoms. The third-order valence-corrected chi connectivity index (χ3v) is 13.9. The van der Waals surface area contributed by atoms with Crippen molar-refractivity contribution in [2.75, 3.05) is 10.6 Å². The number of aliphatic hydroxyl groups is 2. The van der Waals surface area contributed by atoms with E-state index in [1.165, 1.54) is 6.07 Å². The van der Waals surface area contributed by atoms with E-state index >= 15 is 9.59 Å². The Hall–Kier alpha value is -4.45. The van der Waals surface area contributed by atoms with Gasteiger partial charge in [-0.2, -0.15) is 0 Å². The predicted octanol–water partition coefficient (Wildman–Crippen LogP) is 8.97. The van der Waals surface area contributed by atoms with Gasteiger partial charge in [0.2, 0.25) is 11.8 Å². The minimum Gasteiger partial charge on any atom is -0.465 e. The summed E-state index contributed by atoms with van der Waals surface area (Å²) in [5.74, 6) is -1.58. The number of hydrogen-bond donors (Lipinski definition) is 6. The summed E-state index contributed by atoms with van der Waals surface area (Å²) in [5, 5.41) is 42.9. The van der Waals surface area contributed by atoms with Crippen molar-refractivity contribution in [1.29, 1.82) is 0 Å². The summed E-state index contributed by atoms with van der Waals surface area (Å²) < 4.78 is 0. The second kappa shape index (κ2) is 15.6. The van der Waals surface area contributed by atoms with Gasteiger partial charge in [0, 0.05) is 38.9 Å². The first-order valence-corrected chi connectivity index (χ1v) is 21.0. The summed E-state index contributed by atoms with van der Waals surface area (Å²) in [7, 11) is 0. The zero-order chi connectivity index (χ0) is 41.0. The van der Waals surface area contributed by atoms with Crippen LogP contribution < -0.4 is 16.0 Å². The van der Waals surface area contributed by atoms with Crippen LogP contribution in [0.5, 0.6) is 0 Å². The Balaban J connectivity index is 1.48. The first-order valence-electron chi connectivity index (χ1n) is 20.2. The molecule has 2 saturated carbocycles. The Morgan fingerprint density at radius 2 is 1.47 bits per heavy atom. The van der Waals surface area contributed by atoms with Gasteiger partial charge in [0.15, 0.2) is 0 Å². The third kappa shape index (κ3) is 6.96. The Morgan fingerprint density at radius 3 is 2.10 bits per heavy atom. The smallest absolute Gasteiger partial charge is 0.409 e. The molecule has 1 unspecified atom stereocenters.